The summed E-state index contributed by atoms with van der Waals surface area (Å²) in [5.41, 5.74) is 0.417. The van der Waals surface area contributed by atoms with E-state index in [4.69, 9.17) is 4.74 Å². The van der Waals surface area contributed by atoms with E-state index in [-0.39, 0.29) is 18.8 Å². The summed E-state index contributed by atoms with van der Waals surface area (Å²) in [5, 5.41) is 6.85. The second-order valence-electron chi connectivity index (χ2n) is 6.88. The van der Waals surface area contributed by atoms with Crippen LogP contribution in [0, 0.1) is 5.82 Å². The van der Waals surface area contributed by atoms with Crippen LogP contribution in [0.1, 0.15) is 29.3 Å². The molecule has 8 nitrogen and oxygen atoms in total. The summed E-state index contributed by atoms with van der Waals surface area (Å²) in [4.78, 5) is 21.4. The van der Waals surface area contributed by atoms with Crippen molar-refractivity contribution in [1.29, 1.82) is 0 Å². The van der Waals surface area contributed by atoms with Gasteiger partial charge in [-0.1, -0.05) is 30.9 Å². The maximum Gasteiger partial charge on any atom is 0.275 e. The molecular formula is C22H21FN6O2. The summed E-state index contributed by atoms with van der Waals surface area (Å²) in [7, 11) is 0. The molecule has 31 heavy (non-hydrogen) atoms. The van der Waals surface area contributed by atoms with Gasteiger partial charge in [0.25, 0.3) is 5.91 Å². The lowest BCUT2D eigenvalue weighted by Crippen LogP contribution is -2.34. The molecule has 0 saturated heterocycles. The van der Waals surface area contributed by atoms with Gasteiger partial charge in [0.1, 0.15) is 18.5 Å². The quantitative estimate of drug-likeness (QED) is 0.619. The fourth-order valence-corrected chi connectivity index (χ4v) is 3.20. The van der Waals surface area contributed by atoms with Crippen LogP contribution in [-0.4, -0.2) is 36.8 Å². The Morgan fingerprint density at radius 3 is 3.10 bits per heavy atom. The van der Waals surface area contributed by atoms with E-state index in [1.807, 2.05) is 25.2 Å². The first-order chi connectivity index (χ1) is 15.1. The predicted octanol–water partition coefficient (Wildman–Crippen LogP) is 3.15. The summed E-state index contributed by atoms with van der Waals surface area (Å²) in [6.45, 7) is 6.20. The van der Waals surface area contributed by atoms with Crippen LogP contribution in [0.25, 0.3) is 5.82 Å². The molecule has 1 N–H and O–H groups in total. The number of imidazole rings is 1. The monoisotopic (exact) mass is 420 g/mol. The third-order valence-electron chi connectivity index (χ3n) is 4.60. The second kappa shape index (κ2) is 8.78. The Labute approximate surface area is 178 Å². The van der Waals surface area contributed by atoms with E-state index in [2.05, 4.69) is 27.0 Å². The van der Waals surface area contributed by atoms with E-state index in [9.17, 15) is 9.18 Å². The van der Waals surface area contributed by atoms with Crippen LogP contribution in [-0.2, 0) is 6.54 Å². The highest BCUT2D eigenvalue weighted by Gasteiger charge is 2.28. The average molecular weight is 420 g/mol. The summed E-state index contributed by atoms with van der Waals surface area (Å²) in [5.74, 6) is 0.303. The number of amides is 1. The summed E-state index contributed by atoms with van der Waals surface area (Å²) in [6, 6.07) is 2.94. The number of pyridine rings is 1. The molecule has 4 heterocycles. The van der Waals surface area contributed by atoms with E-state index in [0.717, 1.165) is 5.57 Å². The Morgan fingerprint density at radius 2 is 2.26 bits per heavy atom. The topological polar surface area (TPSA) is 86.9 Å². The third-order valence-corrected chi connectivity index (χ3v) is 4.60. The van der Waals surface area contributed by atoms with Crippen LogP contribution < -0.4 is 10.1 Å². The summed E-state index contributed by atoms with van der Waals surface area (Å²) >= 11 is 0. The van der Waals surface area contributed by atoms with Crippen molar-refractivity contribution in [3.63, 3.8) is 0 Å². The molecular weight excluding hydrogens is 399 g/mol. The molecule has 0 fully saturated rings. The normalized spacial score (nSPS) is 15.4. The largest absolute Gasteiger partial charge is 0.487 e. The number of fused-ring (bicyclic) bond motifs is 3. The Balaban J connectivity index is 1.51. The highest BCUT2D eigenvalue weighted by molar-refractivity contribution is 5.92. The summed E-state index contributed by atoms with van der Waals surface area (Å²) < 4.78 is 23.3. The van der Waals surface area contributed by atoms with Gasteiger partial charge in [0.05, 0.1) is 12.7 Å². The van der Waals surface area contributed by atoms with Gasteiger partial charge >= 0.3 is 0 Å². The number of rotatable bonds is 6. The molecule has 0 aromatic carbocycles. The van der Waals surface area contributed by atoms with Gasteiger partial charge in [-0.2, -0.15) is 5.10 Å². The van der Waals surface area contributed by atoms with Crippen LogP contribution in [0.4, 0.5) is 4.39 Å². The fraction of sp³-hybridized carbons (Fsp3) is 0.182. The minimum atomic E-state index is -0.717. The van der Waals surface area contributed by atoms with Gasteiger partial charge < -0.3 is 10.1 Å². The minimum Gasteiger partial charge on any atom is -0.487 e. The lowest BCUT2D eigenvalue weighted by molar-refractivity contribution is 0.0910. The lowest BCUT2D eigenvalue weighted by atomic mass is 10.2. The molecule has 4 rings (SSSR count). The number of nitrogens with zero attached hydrogens (tertiary/aromatic N) is 5. The molecule has 0 saturated carbocycles. The zero-order chi connectivity index (χ0) is 21.8. The van der Waals surface area contributed by atoms with E-state index in [0.29, 0.717) is 17.4 Å². The first kappa shape index (κ1) is 20.3. The molecule has 0 aliphatic carbocycles. The molecule has 1 aliphatic heterocycles. The molecule has 1 aliphatic rings. The van der Waals surface area contributed by atoms with Crippen molar-refractivity contribution in [1.82, 2.24) is 29.6 Å². The minimum absolute atomic E-state index is 0.121. The SMILES string of the molecule is C=C(/C=C\C=C/C)Cn1cc(F)c(C(=O)N[C@@H]2COc3cccnc3-n3ccnc32)n1. The van der Waals surface area contributed by atoms with Gasteiger partial charge in [-0.15, -0.1) is 0 Å². The van der Waals surface area contributed by atoms with E-state index in [1.54, 1.807) is 41.4 Å². The first-order valence-corrected chi connectivity index (χ1v) is 9.69. The first-order valence-electron chi connectivity index (χ1n) is 9.69. The van der Waals surface area contributed by atoms with Crippen molar-refractivity contribution in [3.8, 4) is 11.6 Å². The number of hydrogen-bond donors (Lipinski definition) is 1. The van der Waals surface area contributed by atoms with E-state index >= 15 is 0 Å². The highest BCUT2D eigenvalue weighted by Crippen LogP contribution is 2.28. The number of carbonyl (C=O) groups excluding carboxylic acids is 1. The third kappa shape index (κ3) is 4.30. The molecule has 3 aromatic rings. The lowest BCUT2D eigenvalue weighted by Gasteiger charge is -2.15. The van der Waals surface area contributed by atoms with Crippen molar-refractivity contribution in [2.75, 3.05) is 6.61 Å². The maximum atomic E-state index is 14.4. The predicted molar refractivity (Wildman–Crippen MR) is 112 cm³/mol. The Morgan fingerprint density at radius 1 is 1.39 bits per heavy atom. The zero-order valence-electron chi connectivity index (χ0n) is 16.9. The van der Waals surface area contributed by atoms with Crippen molar-refractivity contribution >= 4 is 5.91 Å². The molecule has 3 aromatic heterocycles. The van der Waals surface area contributed by atoms with Gasteiger partial charge in [-0.25, -0.2) is 14.4 Å². The van der Waals surface area contributed by atoms with Crippen LogP contribution in [0.2, 0.25) is 0 Å². The molecule has 0 spiro atoms. The Bertz CT molecular complexity index is 1180. The second-order valence-corrected chi connectivity index (χ2v) is 6.88. The van der Waals surface area contributed by atoms with Crippen molar-refractivity contribution < 1.29 is 13.9 Å². The smallest absolute Gasteiger partial charge is 0.275 e. The molecule has 1 amide bonds. The van der Waals surface area contributed by atoms with Crippen molar-refractivity contribution in [2.24, 2.45) is 0 Å². The summed E-state index contributed by atoms with van der Waals surface area (Å²) in [6.07, 6.45) is 13.5. The Hall–Kier alpha value is -4.01. The maximum absolute atomic E-state index is 14.4. The average Bonchev–Trinajstić information content (AvgIpc) is 3.35. The van der Waals surface area contributed by atoms with E-state index < -0.39 is 17.8 Å². The standard InChI is InChI=1S/C22H21FN6O2/c1-3-4-5-7-15(2)12-28-13-16(23)19(27-28)22(30)26-17-14-31-18-8-6-9-24-21(18)29-11-10-25-20(17)29/h3-11,13,17H,2,12,14H2,1H3,(H,26,30)/b4-3-,7-5-/t17-/m1/s1. The van der Waals surface area contributed by atoms with Crippen LogP contribution in [0.3, 0.4) is 0 Å². The molecule has 0 radical (unpaired) electrons. The van der Waals surface area contributed by atoms with E-state index in [1.165, 1.54) is 10.9 Å². The number of halogens is 1. The number of allylic oxidation sites excluding steroid dienone is 5. The zero-order valence-corrected chi connectivity index (χ0v) is 16.9. The number of ether oxygens (including phenoxy) is 1. The number of carbonyl (C=O) groups is 1. The number of aromatic nitrogens is 5. The van der Waals surface area contributed by atoms with Crippen LogP contribution in [0.15, 0.2) is 73.4 Å². The fourth-order valence-electron chi connectivity index (χ4n) is 3.20. The van der Waals surface area contributed by atoms with Crippen LogP contribution >= 0.6 is 0 Å². The van der Waals surface area contributed by atoms with Crippen molar-refractivity contribution in [2.45, 2.75) is 19.5 Å². The molecule has 9 heteroatoms. The number of nitrogens with one attached hydrogen (secondary N) is 1. The van der Waals surface area contributed by atoms with Gasteiger partial charge in [-0.05, 0) is 24.6 Å². The van der Waals surface area contributed by atoms with Crippen LogP contribution in [0.5, 0.6) is 5.75 Å². The molecule has 158 valence electrons. The molecule has 0 unspecified atom stereocenters. The number of hydrogen-bond acceptors (Lipinski definition) is 5. The van der Waals surface area contributed by atoms with Gasteiger partial charge in [0.15, 0.2) is 23.1 Å². The Kier molecular flexibility index (Phi) is 5.74. The van der Waals surface area contributed by atoms with Gasteiger partial charge in [0, 0.05) is 18.6 Å². The van der Waals surface area contributed by atoms with Gasteiger partial charge in [0.2, 0.25) is 0 Å². The molecule has 0 bridgehead atoms. The highest BCUT2D eigenvalue weighted by atomic mass is 19.1. The molecule has 1 atom stereocenters. The van der Waals surface area contributed by atoms with Crippen molar-refractivity contribution in [3.05, 3.63) is 90.7 Å². The van der Waals surface area contributed by atoms with Gasteiger partial charge in [-0.3, -0.25) is 14.0 Å².